The number of methoxy groups -OCH3 is 1. The van der Waals surface area contributed by atoms with Gasteiger partial charge in [-0.15, -0.1) is 0 Å². The largest absolute Gasteiger partial charge is 0.497 e. The first-order valence-corrected chi connectivity index (χ1v) is 6.75. The molecule has 118 valence electrons. The fourth-order valence-corrected chi connectivity index (χ4v) is 1.83. The molecular weight excluding hydrogens is 298 g/mol. The zero-order valence-electron chi connectivity index (χ0n) is 12.6. The number of nitrogens with one attached hydrogen (secondary N) is 1. The molecule has 0 atom stereocenters. The molecule has 2 aromatic carbocycles. The SMILES string of the molecule is COc1ccc(/C(C)=N\NC(=O)c2ccc([N+](=O)[O-])cc2)cc1. The number of carbonyl (C=O) groups is 1. The van der Waals surface area contributed by atoms with Crippen molar-refractivity contribution in [3.05, 3.63) is 69.8 Å². The standard InChI is InChI=1S/C16H15N3O4/c1-11(12-5-9-15(23-2)10-6-12)17-18-16(20)13-3-7-14(8-4-13)19(21)22/h3-10H,1-2H3,(H,18,20)/b17-11-. The van der Waals surface area contributed by atoms with Gasteiger partial charge in [-0.1, -0.05) is 0 Å². The molecule has 1 N–H and O–H groups in total. The van der Waals surface area contributed by atoms with Crippen molar-refractivity contribution in [2.24, 2.45) is 5.10 Å². The molecule has 0 unspecified atom stereocenters. The molecule has 7 nitrogen and oxygen atoms in total. The number of benzene rings is 2. The summed E-state index contributed by atoms with van der Waals surface area (Å²) in [6.45, 7) is 1.76. The Balaban J connectivity index is 2.05. The fourth-order valence-electron chi connectivity index (χ4n) is 1.83. The third-order valence-electron chi connectivity index (χ3n) is 3.17. The average molecular weight is 313 g/mol. The van der Waals surface area contributed by atoms with Crippen molar-refractivity contribution in [2.45, 2.75) is 6.92 Å². The molecule has 7 heteroatoms. The summed E-state index contributed by atoms with van der Waals surface area (Å²) in [6.07, 6.45) is 0. The lowest BCUT2D eigenvalue weighted by Crippen LogP contribution is -2.19. The van der Waals surface area contributed by atoms with Crippen LogP contribution < -0.4 is 10.2 Å². The minimum absolute atomic E-state index is 0.0699. The van der Waals surface area contributed by atoms with Crippen LogP contribution in [0, 0.1) is 10.1 Å². The molecule has 0 aliphatic carbocycles. The Morgan fingerprint density at radius 2 is 1.65 bits per heavy atom. The van der Waals surface area contributed by atoms with Gasteiger partial charge in [0.2, 0.25) is 0 Å². The van der Waals surface area contributed by atoms with Gasteiger partial charge in [-0.2, -0.15) is 5.10 Å². The average Bonchev–Trinajstić information content (AvgIpc) is 2.59. The molecule has 0 spiro atoms. The van der Waals surface area contributed by atoms with Gasteiger partial charge in [0.25, 0.3) is 11.6 Å². The Bertz CT molecular complexity index is 737. The zero-order valence-corrected chi connectivity index (χ0v) is 12.6. The van der Waals surface area contributed by atoms with Crippen LogP contribution in [0.2, 0.25) is 0 Å². The number of rotatable bonds is 5. The van der Waals surface area contributed by atoms with E-state index in [0.717, 1.165) is 11.3 Å². The van der Waals surface area contributed by atoms with E-state index in [-0.39, 0.29) is 5.69 Å². The van der Waals surface area contributed by atoms with E-state index in [1.807, 2.05) is 12.1 Å². The Labute approximate surface area is 132 Å². The lowest BCUT2D eigenvalue weighted by atomic mass is 10.1. The molecule has 0 aromatic heterocycles. The maximum Gasteiger partial charge on any atom is 0.271 e. The normalized spacial score (nSPS) is 11.0. The predicted octanol–water partition coefficient (Wildman–Crippen LogP) is 2.76. The summed E-state index contributed by atoms with van der Waals surface area (Å²) in [5, 5.41) is 14.6. The molecular formula is C16H15N3O4. The van der Waals surface area contributed by atoms with Crippen molar-refractivity contribution in [1.29, 1.82) is 0 Å². The van der Waals surface area contributed by atoms with Gasteiger partial charge in [-0.3, -0.25) is 14.9 Å². The van der Waals surface area contributed by atoms with Crippen molar-refractivity contribution >= 4 is 17.3 Å². The smallest absolute Gasteiger partial charge is 0.271 e. The number of hydrogen-bond donors (Lipinski definition) is 1. The molecule has 2 rings (SSSR count). The number of carbonyl (C=O) groups excluding carboxylic acids is 1. The number of non-ortho nitro benzene ring substituents is 1. The molecule has 0 fully saturated rings. The van der Waals surface area contributed by atoms with E-state index in [4.69, 9.17) is 4.74 Å². The van der Waals surface area contributed by atoms with Crippen molar-refractivity contribution < 1.29 is 14.5 Å². The van der Waals surface area contributed by atoms with E-state index in [1.54, 1.807) is 26.2 Å². The molecule has 0 saturated heterocycles. The summed E-state index contributed by atoms with van der Waals surface area (Å²) in [7, 11) is 1.58. The zero-order chi connectivity index (χ0) is 16.8. The van der Waals surface area contributed by atoms with Crippen LogP contribution in [0.5, 0.6) is 5.75 Å². The Hall–Kier alpha value is -3.22. The van der Waals surface area contributed by atoms with Crippen LogP contribution >= 0.6 is 0 Å². The second-order valence-corrected chi connectivity index (χ2v) is 4.67. The maximum absolute atomic E-state index is 12.0. The number of nitro groups is 1. The summed E-state index contributed by atoms with van der Waals surface area (Å²) in [4.78, 5) is 22.0. The summed E-state index contributed by atoms with van der Waals surface area (Å²) < 4.78 is 5.07. The summed E-state index contributed by atoms with van der Waals surface area (Å²) >= 11 is 0. The minimum Gasteiger partial charge on any atom is -0.497 e. The second-order valence-electron chi connectivity index (χ2n) is 4.67. The molecule has 1 amide bonds. The molecule has 0 heterocycles. The monoisotopic (exact) mass is 313 g/mol. The highest BCUT2D eigenvalue weighted by Crippen LogP contribution is 2.13. The van der Waals surface area contributed by atoms with Crippen LogP contribution in [0.4, 0.5) is 5.69 Å². The van der Waals surface area contributed by atoms with Crippen LogP contribution in [0.1, 0.15) is 22.8 Å². The number of hydrazone groups is 1. The van der Waals surface area contributed by atoms with Gasteiger partial charge in [-0.25, -0.2) is 5.43 Å². The molecule has 0 aliphatic rings. The number of nitrogens with zero attached hydrogens (tertiary/aromatic N) is 2. The highest BCUT2D eigenvalue weighted by atomic mass is 16.6. The van der Waals surface area contributed by atoms with Crippen LogP contribution in [0.3, 0.4) is 0 Å². The van der Waals surface area contributed by atoms with Gasteiger partial charge in [0, 0.05) is 17.7 Å². The summed E-state index contributed by atoms with van der Waals surface area (Å²) in [5.41, 5.74) is 4.12. The third kappa shape index (κ3) is 4.13. The Kier molecular flexibility index (Phi) is 5.03. The van der Waals surface area contributed by atoms with Crippen LogP contribution in [-0.2, 0) is 0 Å². The van der Waals surface area contributed by atoms with E-state index in [9.17, 15) is 14.9 Å². The van der Waals surface area contributed by atoms with E-state index < -0.39 is 10.8 Å². The predicted molar refractivity (Wildman–Crippen MR) is 85.8 cm³/mol. The van der Waals surface area contributed by atoms with E-state index in [1.165, 1.54) is 24.3 Å². The highest BCUT2D eigenvalue weighted by Gasteiger charge is 2.09. The molecule has 0 saturated carbocycles. The minimum atomic E-state index is -0.520. The van der Waals surface area contributed by atoms with E-state index in [2.05, 4.69) is 10.5 Å². The van der Waals surface area contributed by atoms with Gasteiger partial charge in [0.15, 0.2) is 0 Å². The number of nitro benzene ring substituents is 1. The van der Waals surface area contributed by atoms with Gasteiger partial charge >= 0.3 is 0 Å². The first-order valence-electron chi connectivity index (χ1n) is 6.75. The van der Waals surface area contributed by atoms with Crippen LogP contribution in [0.25, 0.3) is 0 Å². The molecule has 2 aromatic rings. The van der Waals surface area contributed by atoms with E-state index >= 15 is 0 Å². The van der Waals surface area contributed by atoms with Gasteiger partial charge in [0.1, 0.15) is 5.75 Å². The van der Waals surface area contributed by atoms with Gasteiger partial charge < -0.3 is 4.74 Å². The maximum atomic E-state index is 12.0. The highest BCUT2D eigenvalue weighted by molar-refractivity contribution is 6.00. The summed E-state index contributed by atoms with van der Waals surface area (Å²) in [6, 6.07) is 12.6. The molecule has 0 bridgehead atoms. The van der Waals surface area contributed by atoms with Crippen molar-refractivity contribution in [1.82, 2.24) is 5.43 Å². The molecule has 23 heavy (non-hydrogen) atoms. The van der Waals surface area contributed by atoms with Crippen LogP contribution in [0.15, 0.2) is 53.6 Å². The first-order chi connectivity index (χ1) is 11.0. The van der Waals surface area contributed by atoms with Gasteiger partial charge in [0.05, 0.1) is 17.7 Å². The fraction of sp³-hybridized carbons (Fsp3) is 0.125. The van der Waals surface area contributed by atoms with Crippen molar-refractivity contribution in [3.63, 3.8) is 0 Å². The quantitative estimate of drug-likeness (QED) is 0.521. The second kappa shape index (κ2) is 7.17. The topological polar surface area (TPSA) is 93.8 Å². The summed E-state index contributed by atoms with van der Waals surface area (Å²) in [5.74, 6) is 0.296. The molecule has 0 aliphatic heterocycles. The number of amides is 1. The lowest BCUT2D eigenvalue weighted by Gasteiger charge is -2.04. The first kappa shape index (κ1) is 16.2. The lowest BCUT2D eigenvalue weighted by molar-refractivity contribution is -0.384. The van der Waals surface area contributed by atoms with Crippen molar-refractivity contribution in [3.8, 4) is 5.75 Å². The van der Waals surface area contributed by atoms with Gasteiger partial charge in [-0.05, 0) is 48.9 Å². The van der Waals surface area contributed by atoms with Crippen LogP contribution in [-0.4, -0.2) is 23.7 Å². The van der Waals surface area contributed by atoms with E-state index in [0.29, 0.717) is 11.3 Å². The van der Waals surface area contributed by atoms with Crippen molar-refractivity contribution in [2.75, 3.05) is 7.11 Å². The number of ether oxygens (including phenoxy) is 1. The Morgan fingerprint density at radius 3 is 2.17 bits per heavy atom. The Morgan fingerprint density at radius 1 is 1.09 bits per heavy atom. The third-order valence-corrected chi connectivity index (χ3v) is 3.17. The number of hydrogen-bond acceptors (Lipinski definition) is 5. The molecule has 0 radical (unpaired) electrons.